The molecule has 0 aliphatic rings. The van der Waals surface area contributed by atoms with Gasteiger partial charge in [-0.05, 0) is 38.5 Å². The summed E-state index contributed by atoms with van der Waals surface area (Å²) >= 11 is 0. The number of nitrogens with one attached hydrogen (secondary N) is 1. The van der Waals surface area contributed by atoms with Gasteiger partial charge in [-0.15, -0.1) is 0 Å². The number of carboxylic acids is 1. The van der Waals surface area contributed by atoms with Crippen molar-refractivity contribution in [2.24, 2.45) is 0 Å². The molecule has 1 aromatic heterocycles. The van der Waals surface area contributed by atoms with Crippen LogP contribution in [0.2, 0.25) is 0 Å². The van der Waals surface area contributed by atoms with Crippen LogP contribution >= 0.6 is 0 Å². The van der Waals surface area contributed by atoms with Gasteiger partial charge in [-0.1, -0.05) is 0 Å². The topological polar surface area (TPSA) is 106 Å². The molecule has 0 saturated heterocycles. The van der Waals surface area contributed by atoms with Crippen molar-refractivity contribution in [1.82, 2.24) is 5.32 Å². The molecule has 0 saturated carbocycles. The van der Waals surface area contributed by atoms with Gasteiger partial charge in [0.25, 0.3) is 5.91 Å². The van der Waals surface area contributed by atoms with E-state index < -0.39 is 17.5 Å². The van der Waals surface area contributed by atoms with Gasteiger partial charge in [0.15, 0.2) is 0 Å². The number of fused-ring (bicyclic) bond motifs is 1. The molecule has 0 aliphatic heterocycles. The van der Waals surface area contributed by atoms with Crippen LogP contribution in [0.5, 0.6) is 5.75 Å². The van der Waals surface area contributed by atoms with Crippen molar-refractivity contribution < 1.29 is 23.8 Å². The minimum atomic E-state index is -0.936. The van der Waals surface area contributed by atoms with Gasteiger partial charge >= 0.3 is 11.6 Å². The maximum atomic E-state index is 12.0. The fourth-order valence-electron chi connectivity index (χ4n) is 2.13. The summed E-state index contributed by atoms with van der Waals surface area (Å²) in [4.78, 5) is 34.4. The molecule has 0 unspecified atom stereocenters. The van der Waals surface area contributed by atoms with Gasteiger partial charge in [-0.3, -0.25) is 9.59 Å². The number of amides is 1. The summed E-state index contributed by atoms with van der Waals surface area (Å²) in [5.74, 6) is -0.945. The molecule has 2 aromatic rings. The van der Waals surface area contributed by atoms with E-state index in [1.165, 1.54) is 6.07 Å². The molecule has 1 amide bonds. The van der Waals surface area contributed by atoms with Crippen molar-refractivity contribution in [3.8, 4) is 5.75 Å². The molecule has 0 radical (unpaired) electrons. The first-order valence-electron chi connectivity index (χ1n) is 7.61. The van der Waals surface area contributed by atoms with Gasteiger partial charge < -0.3 is 19.6 Å². The first-order chi connectivity index (χ1) is 11.4. The molecule has 0 fully saturated rings. The van der Waals surface area contributed by atoms with E-state index >= 15 is 0 Å². The number of rotatable bonds is 7. The number of hydrogen-bond donors (Lipinski definition) is 2. The van der Waals surface area contributed by atoms with E-state index in [9.17, 15) is 14.4 Å². The summed E-state index contributed by atoms with van der Waals surface area (Å²) < 4.78 is 10.7. The second-order valence-corrected chi connectivity index (χ2v) is 5.57. The standard InChI is InChI=1S/C17H19NO6/c1-10(2)23-12-6-5-11-8-13(17(22)24-14(11)9-12)16(21)18-7-3-4-15(19)20/h5-6,8-10H,3-4,7H2,1-2H3,(H,18,21)(H,19,20). The highest BCUT2D eigenvalue weighted by molar-refractivity contribution is 5.96. The zero-order valence-corrected chi connectivity index (χ0v) is 13.5. The molecule has 0 atom stereocenters. The van der Waals surface area contributed by atoms with Crippen molar-refractivity contribution in [3.05, 3.63) is 40.2 Å². The van der Waals surface area contributed by atoms with E-state index in [-0.39, 0.29) is 31.1 Å². The van der Waals surface area contributed by atoms with Crippen molar-refractivity contribution in [3.63, 3.8) is 0 Å². The Morgan fingerprint density at radius 2 is 2.04 bits per heavy atom. The predicted molar refractivity (Wildman–Crippen MR) is 87.5 cm³/mol. The highest BCUT2D eigenvalue weighted by Crippen LogP contribution is 2.21. The Morgan fingerprint density at radius 1 is 1.29 bits per heavy atom. The predicted octanol–water partition coefficient (Wildman–Crippen LogP) is 2.17. The van der Waals surface area contributed by atoms with Crippen LogP contribution in [0, 0.1) is 0 Å². The smallest absolute Gasteiger partial charge is 0.349 e. The molecular formula is C17H19NO6. The van der Waals surface area contributed by atoms with Crippen molar-refractivity contribution >= 4 is 22.8 Å². The van der Waals surface area contributed by atoms with Gasteiger partial charge in [-0.25, -0.2) is 4.79 Å². The average molecular weight is 333 g/mol. The molecule has 128 valence electrons. The monoisotopic (exact) mass is 333 g/mol. The van der Waals surface area contributed by atoms with Crippen LogP contribution < -0.4 is 15.7 Å². The van der Waals surface area contributed by atoms with Crippen LogP contribution in [0.3, 0.4) is 0 Å². The van der Waals surface area contributed by atoms with Gasteiger partial charge in [0.1, 0.15) is 16.9 Å². The number of carbonyl (C=O) groups excluding carboxylic acids is 1. The van der Waals surface area contributed by atoms with Crippen LogP contribution in [0.4, 0.5) is 0 Å². The van der Waals surface area contributed by atoms with E-state index in [2.05, 4.69) is 5.32 Å². The zero-order valence-electron chi connectivity index (χ0n) is 13.5. The fourth-order valence-corrected chi connectivity index (χ4v) is 2.13. The second kappa shape index (κ2) is 7.63. The molecule has 2 rings (SSSR count). The van der Waals surface area contributed by atoms with Gasteiger partial charge in [-0.2, -0.15) is 0 Å². The number of hydrogen-bond acceptors (Lipinski definition) is 5. The van der Waals surface area contributed by atoms with Crippen LogP contribution in [0.1, 0.15) is 37.0 Å². The van der Waals surface area contributed by atoms with Gasteiger partial charge in [0, 0.05) is 24.4 Å². The summed E-state index contributed by atoms with van der Waals surface area (Å²) in [6, 6.07) is 6.49. The van der Waals surface area contributed by atoms with Crippen molar-refractivity contribution in [2.75, 3.05) is 6.54 Å². The lowest BCUT2D eigenvalue weighted by Gasteiger charge is -2.10. The third-order valence-corrected chi connectivity index (χ3v) is 3.18. The van der Waals surface area contributed by atoms with Gasteiger partial charge in [0.2, 0.25) is 0 Å². The first-order valence-corrected chi connectivity index (χ1v) is 7.61. The Kier molecular flexibility index (Phi) is 5.57. The van der Waals surface area contributed by atoms with Crippen LogP contribution in [-0.2, 0) is 4.79 Å². The van der Waals surface area contributed by atoms with Crippen molar-refractivity contribution in [2.45, 2.75) is 32.8 Å². The average Bonchev–Trinajstić information content (AvgIpc) is 2.49. The van der Waals surface area contributed by atoms with E-state index in [1.54, 1.807) is 18.2 Å². The van der Waals surface area contributed by atoms with E-state index in [4.69, 9.17) is 14.3 Å². The number of benzene rings is 1. The van der Waals surface area contributed by atoms with E-state index in [1.807, 2.05) is 13.8 Å². The first kappa shape index (κ1) is 17.5. The van der Waals surface area contributed by atoms with E-state index in [0.29, 0.717) is 16.7 Å². The Labute approximate surface area is 138 Å². The maximum Gasteiger partial charge on any atom is 0.349 e. The normalized spacial score (nSPS) is 10.8. The molecule has 0 bridgehead atoms. The number of ether oxygens (including phenoxy) is 1. The molecule has 1 heterocycles. The summed E-state index contributed by atoms with van der Waals surface area (Å²) in [6.07, 6.45) is 0.228. The fraction of sp³-hybridized carbons (Fsp3) is 0.353. The molecule has 7 nitrogen and oxygen atoms in total. The molecular weight excluding hydrogens is 314 g/mol. The minimum Gasteiger partial charge on any atom is -0.491 e. The Balaban J connectivity index is 2.16. The maximum absolute atomic E-state index is 12.0. The highest BCUT2D eigenvalue weighted by atomic mass is 16.5. The van der Waals surface area contributed by atoms with Gasteiger partial charge in [0.05, 0.1) is 6.10 Å². The molecule has 0 aliphatic carbocycles. The Morgan fingerprint density at radius 3 is 2.71 bits per heavy atom. The number of carboxylic acid groups (broad SMARTS) is 1. The lowest BCUT2D eigenvalue weighted by Crippen LogP contribution is -2.29. The number of carbonyl (C=O) groups is 2. The largest absolute Gasteiger partial charge is 0.491 e. The summed E-state index contributed by atoms with van der Waals surface area (Å²) in [5, 5.41) is 11.7. The second-order valence-electron chi connectivity index (χ2n) is 5.57. The SMILES string of the molecule is CC(C)Oc1ccc2cc(C(=O)NCCCC(=O)O)c(=O)oc2c1. The highest BCUT2D eigenvalue weighted by Gasteiger charge is 2.14. The molecule has 7 heteroatoms. The van der Waals surface area contributed by atoms with E-state index in [0.717, 1.165) is 0 Å². The lowest BCUT2D eigenvalue weighted by molar-refractivity contribution is -0.137. The number of aliphatic carboxylic acids is 1. The minimum absolute atomic E-state index is 0.00924. The quantitative estimate of drug-likeness (QED) is 0.594. The third-order valence-electron chi connectivity index (χ3n) is 3.18. The molecule has 24 heavy (non-hydrogen) atoms. The Hall–Kier alpha value is -2.83. The molecule has 0 spiro atoms. The molecule has 1 aromatic carbocycles. The summed E-state index contributed by atoms with van der Waals surface area (Å²) in [5.41, 5.74) is -0.532. The Bertz CT molecular complexity index is 808. The van der Waals surface area contributed by atoms with Crippen LogP contribution in [-0.4, -0.2) is 29.6 Å². The summed E-state index contributed by atoms with van der Waals surface area (Å²) in [7, 11) is 0. The molecule has 2 N–H and O–H groups in total. The van der Waals surface area contributed by atoms with Crippen molar-refractivity contribution in [1.29, 1.82) is 0 Å². The van der Waals surface area contributed by atoms with Crippen LogP contribution in [0.15, 0.2) is 33.5 Å². The summed E-state index contributed by atoms with van der Waals surface area (Å²) in [6.45, 7) is 3.94. The van der Waals surface area contributed by atoms with Crippen LogP contribution in [0.25, 0.3) is 11.0 Å². The lowest BCUT2D eigenvalue weighted by atomic mass is 10.1. The third kappa shape index (κ3) is 4.58. The zero-order chi connectivity index (χ0) is 17.7.